The van der Waals surface area contributed by atoms with E-state index in [1.807, 2.05) is 38.1 Å². The molecular weight excluding hydrogens is 246 g/mol. The molecule has 0 aliphatic rings. The van der Waals surface area contributed by atoms with E-state index in [4.69, 9.17) is 5.11 Å². The van der Waals surface area contributed by atoms with Crippen molar-refractivity contribution in [3.05, 3.63) is 53.3 Å². The van der Waals surface area contributed by atoms with Crippen molar-refractivity contribution in [1.82, 2.24) is 4.98 Å². The van der Waals surface area contributed by atoms with Gasteiger partial charge in [-0.1, -0.05) is 29.5 Å². The molecule has 1 aromatic carbocycles. The predicted octanol–water partition coefficient (Wildman–Crippen LogP) is 3.55. The summed E-state index contributed by atoms with van der Waals surface area (Å²) in [6.45, 7) is 3.87. The highest BCUT2D eigenvalue weighted by Gasteiger charge is 2.12. The van der Waals surface area contributed by atoms with Gasteiger partial charge in [-0.2, -0.15) is 0 Å². The molecule has 2 rings (SSSR count). The molecule has 3 nitrogen and oxygen atoms in total. The number of aromatic nitrogens is 1. The summed E-state index contributed by atoms with van der Waals surface area (Å²) in [6.07, 6.45) is 1.41. The summed E-state index contributed by atoms with van der Waals surface area (Å²) in [4.78, 5) is 16.9. The van der Waals surface area contributed by atoms with Crippen LogP contribution in [0.5, 0.6) is 0 Å². The molecule has 0 atom stereocenters. The molecule has 1 heterocycles. The molecule has 0 unspecified atom stereocenters. The van der Waals surface area contributed by atoms with E-state index in [1.165, 1.54) is 23.5 Å². The molecule has 2 aromatic rings. The fraction of sp³-hybridized carbons (Fsp3) is 0.143. The average Bonchev–Trinajstić information content (AvgIpc) is 2.32. The molecule has 0 saturated carbocycles. The molecular formula is C14H13NO2S. The van der Waals surface area contributed by atoms with Crippen molar-refractivity contribution in [3.63, 3.8) is 0 Å². The Morgan fingerprint density at radius 1 is 1.22 bits per heavy atom. The zero-order valence-electron chi connectivity index (χ0n) is 10.2. The van der Waals surface area contributed by atoms with E-state index in [0.717, 1.165) is 15.5 Å². The number of benzene rings is 1. The quantitative estimate of drug-likeness (QED) is 0.915. The van der Waals surface area contributed by atoms with Crippen LogP contribution in [0.15, 0.2) is 46.3 Å². The van der Waals surface area contributed by atoms with Crippen molar-refractivity contribution in [2.75, 3.05) is 0 Å². The number of nitrogens with zero attached hydrogens (tertiary/aromatic N) is 1. The standard InChI is InChI=1S/C14H13NO2S/c1-9-3-5-11(6-4-9)18-13-7-10(2)15-8-12(13)14(16)17/h3-8H,1-2H3,(H,16,17). The van der Waals surface area contributed by atoms with Crippen molar-refractivity contribution in [1.29, 1.82) is 0 Å². The Bertz CT molecular complexity index is 579. The second kappa shape index (κ2) is 5.23. The van der Waals surface area contributed by atoms with E-state index < -0.39 is 5.97 Å². The summed E-state index contributed by atoms with van der Waals surface area (Å²) in [5.74, 6) is -0.947. The molecule has 4 heteroatoms. The SMILES string of the molecule is Cc1ccc(Sc2cc(C)ncc2C(=O)O)cc1. The first-order valence-electron chi connectivity index (χ1n) is 5.51. The number of carboxylic acids is 1. The molecule has 1 N–H and O–H groups in total. The second-order valence-corrected chi connectivity index (χ2v) is 5.16. The third-order valence-corrected chi connectivity index (χ3v) is 3.55. The van der Waals surface area contributed by atoms with Crippen LogP contribution in [0.2, 0.25) is 0 Å². The van der Waals surface area contributed by atoms with Gasteiger partial charge in [-0.05, 0) is 32.0 Å². The lowest BCUT2D eigenvalue weighted by molar-refractivity contribution is 0.0692. The lowest BCUT2D eigenvalue weighted by Gasteiger charge is -2.06. The number of hydrogen-bond donors (Lipinski definition) is 1. The number of hydrogen-bond acceptors (Lipinski definition) is 3. The Balaban J connectivity index is 2.35. The first-order valence-corrected chi connectivity index (χ1v) is 6.32. The highest BCUT2D eigenvalue weighted by molar-refractivity contribution is 7.99. The minimum Gasteiger partial charge on any atom is -0.478 e. The van der Waals surface area contributed by atoms with Crippen LogP contribution in [0, 0.1) is 13.8 Å². The van der Waals surface area contributed by atoms with Crippen LogP contribution in [0.1, 0.15) is 21.6 Å². The predicted molar refractivity (Wildman–Crippen MR) is 71.2 cm³/mol. The molecule has 0 spiro atoms. The third kappa shape index (κ3) is 2.90. The molecule has 1 aromatic heterocycles. The Hall–Kier alpha value is -1.81. The molecule has 92 valence electrons. The van der Waals surface area contributed by atoms with Crippen molar-refractivity contribution < 1.29 is 9.90 Å². The maximum absolute atomic E-state index is 11.1. The van der Waals surface area contributed by atoms with E-state index in [2.05, 4.69) is 4.98 Å². The third-order valence-electron chi connectivity index (χ3n) is 2.48. The van der Waals surface area contributed by atoms with Gasteiger partial charge in [0, 0.05) is 21.7 Å². The van der Waals surface area contributed by atoms with Gasteiger partial charge >= 0.3 is 5.97 Å². The van der Waals surface area contributed by atoms with Crippen LogP contribution in [0.4, 0.5) is 0 Å². The summed E-state index contributed by atoms with van der Waals surface area (Å²) in [7, 11) is 0. The van der Waals surface area contributed by atoms with Crippen molar-refractivity contribution in [2.45, 2.75) is 23.6 Å². The van der Waals surface area contributed by atoms with E-state index in [1.54, 1.807) is 6.07 Å². The van der Waals surface area contributed by atoms with E-state index in [-0.39, 0.29) is 5.56 Å². The fourth-order valence-corrected chi connectivity index (χ4v) is 2.52. The van der Waals surface area contributed by atoms with Gasteiger partial charge in [0.2, 0.25) is 0 Å². The molecule has 0 aliphatic heterocycles. The first-order chi connectivity index (χ1) is 8.56. The van der Waals surface area contributed by atoms with Gasteiger partial charge < -0.3 is 5.11 Å². The molecule has 0 saturated heterocycles. The topological polar surface area (TPSA) is 50.2 Å². The van der Waals surface area contributed by atoms with Gasteiger partial charge in [0.25, 0.3) is 0 Å². The monoisotopic (exact) mass is 259 g/mol. The molecule has 18 heavy (non-hydrogen) atoms. The van der Waals surface area contributed by atoms with Crippen LogP contribution >= 0.6 is 11.8 Å². The number of aromatic carboxylic acids is 1. The average molecular weight is 259 g/mol. The Labute approximate surface area is 110 Å². The molecule has 0 aliphatic carbocycles. The zero-order valence-corrected chi connectivity index (χ0v) is 11.0. The maximum Gasteiger partial charge on any atom is 0.338 e. The number of aryl methyl sites for hydroxylation is 2. The van der Waals surface area contributed by atoms with Gasteiger partial charge in [0.1, 0.15) is 0 Å². The van der Waals surface area contributed by atoms with Crippen LogP contribution in [-0.4, -0.2) is 16.1 Å². The Morgan fingerprint density at radius 3 is 2.50 bits per heavy atom. The zero-order chi connectivity index (χ0) is 13.1. The lowest BCUT2D eigenvalue weighted by Crippen LogP contribution is -2.00. The van der Waals surface area contributed by atoms with Gasteiger partial charge in [-0.25, -0.2) is 4.79 Å². The Morgan fingerprint density at radius 2 is 1.89 bits per heavy atom. The highest BCUT2D eigenvalue weighted by Crippen LogP contribution is 2.30. The summed E-state index contributed by atoms with van der Waals surface area (Å²) in [5.41, 5.74) is 2.24. The number of carbonyl (C=O) groups is 1. The van der Waals surface area contributed by atoms with Crippen LogP contribution < -0.4 is 0 Å². The van der Waals surface area contributed by atoms with Crippen molar-refractivity contribution in [2.24, 2.45) is 0 Å². The van der Waals surface area contributed by atoms with Gasteiger partial charge in [-0.15, -0.1) is 0 Å². The van der Waals surface area contributed by atoms with Crippen LogP contribution in [-0.2, 0) is 0 Å². The van der Waals surface area contributed by atoms with Gasteiger partial charge in [0.05, 0.1) is 5.56 Å². The summed E-state index contributed by atoms with van der Waals surface area (Å²) in [5, 5.41) is 9.13. The number of rotatable bonds is 3. The van der Waals surface area contributed by atoms with E-state index >= 15 is 0 Å². The van der Waals surface area contributed by atoms with Crippen molar-refractivity contribution in [3.8, 4) is 0 Å². The van der Waals surface area contributed by atoms with Crippen LogP contribution in [0.25, 0.3) is 0 Å². The largest absolute Gasteiger partial charge is 0.478 e. The van der Waals surface area contributed by atoms with Crippen LogP contribution in [0.3, 0.4) is 0 Å². The number of carboxylic acid groups (broad SMARTS) is 1. The van der Waals surface area contributed by atoms with E-state index in [0.29, 0.717) is 0 Å². The van der Waals surface area contributed by atoms with Crippen molar-refractivity contribution >= 4 is 17.7 Å². The molecule has 0 fully saturated rings. The minimum absolute atomic E-state index is 0.242. The number of pyridine rings is 1. The smallest absolute Gasteiger partial charge is 0.338 e. The van der Waals surface area contributed by atoms with Gasteiger partial charge in [-0.3, -0.25) is 4.98 Å². The minimum atomic E-state index is -0.947. The van der Waals surface area contributed by atoms with Gasteiger partial charge in [0.15, 0.2) is 0 Å². The lowest BCUT2D eigenvalue weighted by atomic mass is 10.2. The summed E-state index contributed by atoms with van der Waals surface area (Å²) in [6, 6.07) is 9.80. The summed E-state index contributed by atoms with van der Waals surface area (Å²) < 4.78 is 0. The molecule has 0 radical (unpaired) electrons. The maximum atomic E-state index is 11.1. The molecule has 0 bridgehead atoms. The molecule has 0 amide bonds. The second-order valence-electron chi connectivity index (χ2n) is 4.04. The highest BCUT2D eigenvalue weighted by atomic mass is 32.2. The summed E-state index contributed by atoms with van der Waals surface area (Å²) >= 11 is 1.44. The van der Waals surface area contributed by atoms with E-state index in [9.17, 15) is 4.79 Å². The normalized spacial score (nSPS) is 10.3. The first kappa shape index (κ1) is 12.6. The fourth-order valence-electron chi connectivity index (χ4n) is 1.51. The Kier molecular flexibility index (Phi) is 3.67.